The number of hydrogen-bond acceptors (Lipinski definition) is 3. The first-order valence-corrected chi connectivity index (χ1v) is 10.6. The molecule has 25 heavy (non-hydrogen) atoms. The van der Waals surface area contributed by atoms with E-state index in [9.17, 15) is 9.90 Å². The SMILES string of the molecule is CCCCCCCCCCCCOCCC[N+](C)(C)CCCC(=O)[O-]. The van der Waals surface area contributed by atoms with E-state index < -0.39 is 5.97 Å². The maximum absolute atomic E-state index is 10.4. The van der Waals surface area contributed by atoms with E-state index in [4.69, 9.17) is 4.74 Å². The molecule has 0 aromatic carbocycles. The van der Waals surface area contributed by atoms with Crippen LogP contribution in [0.2, 0.25) is 0 Å². The van der Waals surface area contributed by atoms with Crippen molar-refractivity contribution in [2.24, 2.45) is 0 Å². The third-order valence-electron chi connectivity index (χ3n) is 4.84. The lowest BCUT2D eigenvalue weighted by Crippen LogP contribution is -2.42. The van der Waals surface area contributed by atoms with Crippen molar-refractivity contribution < 1.29 is 19.1 Å². The van der Waals surface area contributed by atoms with Crippen LogP contribution in [0.15, 0.2) is 0 Å². The van der Waals surface area contributed by atoms with Gasteiger partial charge in [0.1, 0.15) is 0 Å². The Morgan fingerprint density at radius 3 is 1.80 bits per heavy atom. The molecule has 0 saturated carbocycles. The molecule has 0 aromatic heterocycles. The molecule has 0 rings (SSSR count). The lowest BCUT2D eigenvalue weighted by molar-refractivity contribution is -0.890. The largest absolute Gasteiger partial charge is 0.550 e. The molecule has 0 aliphatic rings. The molecule has 0 radical (unpaired) electrons. The van der Waals surface area contributed by atoms with Crippen LogP contribution in [0.4, 0.5) is 0 Å². The fraction of sp³-hybridized carbons (Fsp3) is 0.952. The van der Waals surface area contributed by atoms with Gasteiger partial charge in [0.2, 0.25) is 0 Å². The van der Waals surface area contributed by atoms with Crippen LogP contribution in [-0.4, -0.2) is 50.9 Å². The van der Waals surface area contributed by atoms with E-state index in [0.717, 1.165) is 37.2 Å². The Morgan fingerprint density at radius 2 is 1.24 bits per heavy atom. The first kappa shape index (κ1) is 24.4. The number of carboxylic acid groups (broad SMARTS) is 1. The van der Waals surface area contributed by atoms with E-state index in [1.165, 1.54) is 64.2 Å². The van der Waals surface area contributed by atoms with Gasteiger partial charge in [0.15, 0.2) is 0 Å². The summed E-state index contributed by atoms with van der Waals surface area (Å²) in [6, 6.07) is 0. The molecule has 0 fully saturated rings. The molecule has 0 saturated heterocycles. The Hall–Kier alpha value is -0.610. The zero-order valence-corrected chi connectivity index (χ0v) is 17.2. The summed E-state index contributed by atoms with van der Waals surface area (Å²) in [4.78, 5) is 10.4. The first-order chi connectivity index (χ1) is 12.0. The second kappa shape index (κ2) is 16.8. The van der Waals surface area contributed by atoms with Gasteiger partial charge in [-0.3, -0.25) is 0 Å². The van der Waals surface area contributed by atoms with Crippen LogP contribution in [0.1, 0.15) is 90.4 Å². The highest BCUT2D eigenvalue weighted by molar-refractivity contribution is 5.64. The molecule has 0 atom stereocenters. The average Bonchev–Trinajstić information content (AvgIpc) is 2.54. The lowest BCUT2D eigenvalue weighted by atomic mass is 10.1. The molecule has 0 aromatic rings. The molecule has 0 bridgehead atoms. The van der Waals surface area contributed by atoms with Crippen LogP contribution in [0.3, 0.4) is 0 Å². The minimum absolute atomic E-state index is 0.164. The molecule has 4 nitrogen and oxygen atoms in total. The van der Waals surface area contributed by atoms with Gasteiger partial charge in [-0.25, -0.2) is 0 Å². The average molecular weight is 358 g/mol. The number of quaternary nitrogens is 1. The van der Waals surface area contributed by atoms with E-state index in [-0.39, 0.29) is 6.42 Å². The lowest BCUT2D eigenvalue weighted by Gasteiger charge is -2.30. The fourth-order valence-electron chi connectivity index (χ4n) is 3.15. The minimum atomic E-state index is -0.945. The number of carboxylic acids is 1. The van der Waals surface area contributed by atoms with Gasteiger partial charge in [-0.15, -0.1) is 0 Å². The summed E-state index contributed by atoms with van der Waals surface area (Å²) in [5.74, 6) is -0.945. The van der Waals surface area contributed by atoms with Crippen molar-refractivity contribution in [3.8, 4) is 0 Å². The number of rotatable bonds is 19. The van der Waals surface area contributed by atoms with Gasteiger partial charge < -0.3 is 19.1 Å². The Labute approximate surface area is 156 Å². The molecule has 150 valence electrons. The summed E-state index contributed by atoms with van der Waals surface area (Å²) in [6.45, 7) is 5.88. The predicted molar refractivity (Wildman–Crippen MR) is 103 cm³/mol. The number of aliphatic carboxylic acids is 1. The van der Waals surface area contributed by atoms with Crippen LogP contribution in [0.25, 0.3) is 0 Å². The summed E-state index contributed by atoms with van der Waals surface area (Å²) in [7, 11) is 4.30. The van der Waals surface area contributed by atoms with Crippen LogP contribution in [0.5, 0.6) is 0 Å². The molecule has 0 amide bonds. The topological polar surface area (TPSA) is 49.4 Å². The third kappa shape index (κ3) is 19.6. The van der Waals surface area contributed by atoms with E-state index >= 15 is 0 Å². The molecule has 0 spiro atoms. The van der Waals surface area contributed by atoms with Crippen LogP contribution in [0, 0.1) is 0 Å². The highest BCUT2D eigenvalue weighted by Crippen LogP contribution is 2.10. The number of hydrogen-bond donors (Lipinski definition) is 0. The normalized spacial score (nSPS) is 11.8. The molecule has 0 N–H and O–H groups in total. The molecule has 4 heteroatoms. The zero-order chi connectivity index (χ0) is 18.8. The highest BCUT2D eigenvalue weighted by atomic mass is 16.5. The van der Waals surface area contributed by atoms with Crippen LogP contribution in [-0.2, 0) is 9.53 Å². The van der Waals surface area contributed by atoms with Gasteiger partial charge >= 0.3 is 0 Å². The van der Waals surface area contributed by atoms with Gasteiger partial charge in [-0.05, 0) is 12.8 Å². The fourth-order valence-corrected chi connectivity index (χ4v) is 3.15. The summed E-state index contributed by atoms with van der Waals surface area (Å²) in [6.07, 6.45) is 15.5. The number of carbonyl (C=O) groups is 1. The molecule has 0 aliphatic carbocycles. The van der Waals surface area contributed by atoms with E-state index in [1.54, 1.807) is 0 Å². The molecule has 0 unspecified atom stereocenters. The zero-order valence-electron chi connectivity index (χ0n) is 17.2. The summed E-state index contributed by atoms with van der Waals surface area (Å²) in [5, 5.41) is 10.4. The quantitative estimate of drug-likeness (QED) is 0.260. The molecular formula is C21H43NO3. The maximum atomic E-state index is 10.4. The number of ether oxygens (including phenoxy) is 1. The van der Waals surface area contributed by atoms with Crippen molar-refractivity contribution in [1.29, 1.82) is 0 Å². The Morgan fingerprint density at radius 1 is 0.760 bits per heavy atom. The van der Waals surface area contributed by atoms with Crippen LogP contribution < -0.4 is 5.11 Å². The second-order valence-corrected chi connectivity index (χ2v) is 8.01. The van der Waals surface area contributed by atoms with Crippen molar-refractivity contribution in [1.82, 2.24) is 0 Å². The van der Waals surface area contributed by atoms with Crippen LogP contribution >= 0.6 is 0 Å². The Balaban J connectivity index is 3.26. The van der Waals surface area contributed by atoms with E-state index in [2.05, 4.69) is 21.0 Å². The van der Waals surface area contributed by atoms with E-state index in [0.29, 0.717) is 6.42 Å². The second-order valence-electron chi connectivity index (χ2n) is 8.01. The number of nitrogens with zero attached hydrogens (tertiary/aromatic N) is 1. The Bertz CT molecular complexity index is 306. The smallest absolute Gasteiger partial charge is 0.0804 e. The summed E-state index contributed by atoms with van der Waals surface area (Å²) in [5.41, 5.74) is 0. The molecule has 0 aliphatic heterocycles. The molecule has 0 heterocycles. The summed E-state index contributed by atoms with van der Waals surface area (Å²) < 4.78 is 6.59. The summed E-state index contributed by atoms with van der Waals surface area (Å²) >= 11 is 0. The van der Waals surface area contributed by atoms with Gasteiger partial charge in [-0.2, -0.15) is 0 Å². The standard InChI is InChI=1S/C21H43NO3/c1-4-5-6-7-8-9-10-11-12-13-19-25-20-15-18-22(2,3)17-14-16-21(23)24/h4-20H2,1-3H3. The monoisotopic (exact) mass is 357 g/mol. The highest BCUT2D eigenvalue weighted by Gasteiger charge is 2.13. The van der Waals surface area contributed by atoms with Gasteiger partial charge in [0, 0.05) is 25.4 Å². The van der Waals surface area contributed by atoms with Crippen molar-refractivity contribution in [3.05, 3.63) is 0 Å². The van der Waals surface area contributed by atoms with Crippen molar-refractivity contribution in [3.63, 3.8) is 0 Å². The van der Waals surface area contributed by atoms with Crippen molar-refractivity contribution in [2.75, 3.05) is 40.4 Å². The minimum Gasteiger partial charge on any atom is -0.550 e. The van der Waals surface area contributed by atoms with Gasteiger partial charge in [-0.1, -0.05) is 64.7 Å². The third-order valence-corrected chi connectivity index (χ3v) is 4.84. The molecular weight excluding hydrogens is 314 g/mol. The first-order valence-electron chi connectivity index (χ1n) is 10.6. The van der Waals surface area contributed by atoms with Crippen molar-refractivity contribution >= 4 is 5.97 Å². The Kier molecular flexibility index (Phi) is 16.4. The number of unbranched alkanes of at least 4 members (excludes halogenated alkanes) is 9. The van der Waals surface area contributed by atoms with E-state index in [1.807, 2.05) is 0 Å². The number of carbonyl (C=O) groups excluding carboxylic acids is 1. The predicted octanol–water partition coefficient (Wildman–Crippen LogP) is 3.92. The maximum Gasteiger partial charge on any atom is 0.0804 e. The van der Waals surface area contributed by atoms with Gasteiger partial charge in [0.25, 0.3) is 0 Å². The van der Waals surface area contributed by atoms with Crippen molar-refractivity contribution in [2.45, 2.75) is 90.4 Å². The van der Waals surface area contributed by atoms with Gasteiger partial charge in [0.05, 0.1) is 33.8 Å².